The van der Waals surface area contributed by atoms with Crippen LogP contribution in [0, 0.1) is 0 Å². The lowest BCUT2D eigenvalue weighted by Crippen LogP contribution is -2.35. The average Bonchev–Trinajstić information content (AvgIpc) is 2.54. The van der Waals surface area contributed by atoms with Crippen LogP contribution in [0.15, 0.2) is 66.1 Å². The summed E-state index contributed by atoms with van der Waals surface area (Å²) in [5, 5.41) is 0. The fourth-order valence-corrected chi connectivity index (χ4v) is 2.65. The highest BCUT2D eigenvalue weighted by Gasteiger charge is 2.14. The van der Waals surface area contributed by atoms with Gasteiger partial charge in [0.2, 0.25) is 0 Å². The molecule has 0 aliphatic heterocycles. The molecule has 0 radical (unpaired) electrons. The van der Waals surface area contributed by atoms with Gasteiger partial charge in [-0.3, -0.25) is 0 Å². The number of sulfonamides is 1. The third-order valence-electron chi connectivity index (χ3n) is 2.90. The molecule has 116 valence electrons. The van der Waals surface area contributed by atoms with E-state index in [0.29, 0.717) is 18.1 Å². The Morgan fingerprint density at radius 3 is 2.32 bits per heavy atom. The quantitative estimate of drug-likeness (QED) is 0.770. The molecular formula is C16H18N2O3S. The number of benzene rings is 2. The van der Waals surface area contributed by atoms with Gasteiger partial charge in [-0.15, -0.1) is 4.83 Å². The Morgan fingerprint density at radius 1 is 1.09 bits per heavy atom. The molecule has 0 saturated carbocycles. The molecule has 0 bridgehead atoms. The van der Waals surface area contributed by atoms with Crippen LogP contribution in [0.1, 0.15) is 12.5 Å². The normalized spacial score (nSPS) is 11.0. The van der Waals surface area contributed by atoms with Crippen LogP contribution in [0.2, 0.25) is 0 Å². The maximum Gasteiger partial charge on any atom is 0.257 e. The van der Waals surface area contributed by atoms with Gasteiger partial charge in [0.15, 0.2) is 0 Å². The molecule has 6 heteroatoms. The number of rotatable bonds is 7. The van der Waals surface area contributed by atoms with E-state index in [9.17, 15) is 8.42 Å². The van der Waals surface area contributed by atoms with Crippen LogP contribution >= 0.6 is 0 Å². The zero-order chi connectivity index (χ0) is 16.0. The van der Waals surface area contributed by atoms with E-state index in [2.05, 4.69) is 16.8 Å². The molecule has 0 atom stereocenters. The first kappa shape index (κ1) is 16.1. The highest BCUT2D eigenvalue weighted by molar-refractivity contribution is 7.89. The lowest BCUT2D eigenvalue weighted by Gasteiger charge is -2.12. The molecule has 0 unspecified atom stereocenters. The van der Waals surface area contributed by atoms with Crippen LogP contribution in [-0.4, -0.2) is 15.0 Å². The SMILES string of the molecule is C=C(NNS(=O)(=O)c1ccc(OCC)cc1)c1ccccc1. The van der Waals surface area contributed by atoms with Crippen molar-refractivity contribution in [3.8, 4) is 5.75 Å². The van der Waals surface area contributed by atoms with Crippen molar-refractivity contribution in [3.63, 3.8) is 0 Å². The van der Waals surface area contributed by atoms with Crippen molar-refractivity contribution < 1.29 is 13.2 Å². The Hall–Kier alpha value is -2.31. The van der Waals surface area contributed by atoms with Gasteiger partial charge in [-0.2, -0.15) is 0 Å². The summed E-state index contributed by atoms with van der Waals surface area (Å²) in [7, 11) is -3.67. The molecule has 0 amide bonds. The molecule has 0 aliphatic carbocycles. The standard InChI is InChI=1S/C16H18N2O3S/c1-3-21-15-9-11-16(12-10-15)22(19,20)18-17-13(2)14-7-5-4-6-8-14/h4-12,17-18H,2-3H2,1H3. The molecule has 0 spiro atoms. The van der Waals surface area contributed by atoms with E-state index in [-0.39, 0.29) is 4.90 Å². The monoisotopic (exact) mass is 318 g/mol. The van der Waals surface area contributed by atoms with Crippen molar-refractivity contribution in [2.75, 3.05) is 6.61 Å². The number of nitrogens with one attached hydrogen (secondary N) is 2. The van der Waals surface area contributed by atoms with Crippen molar-refractivity contribution in [1.82, 2.24) is 10.3 Å². The van der Waals surface area contributed by atoms with Gasteiger partial charge in [0, 0.05) is 5.70 Å². The lowest BCUT2D eigenvalue weighted by atomic mass is 10.2. The van der Waals surface area contributed by atoms with Gasteiger partial charge in [0.25, 0.3) is 10.0 Å². The zero-order valence-corrected chi connectivity index (χ0v) is 13.1. The van der Waals surface area contributed by atoms with Gasteiger partial charge < -0.3 is 10.2 Å². The van der Waals surface area contributed by atoms with Gasteiger partial charge in [-0.05, 0) is 36.8 Å². The maximum atomic E-state index is 12.2. The van der Waals surface area contributed by atoms with Gasteiger partial charge >= 0.3 is 0 Å². The summed E-state index contributed by atoms with van der Waals surface area (Å²) in [4.78, 5) is 2.45. The summed E-state index contributed by atoms with van der Waals surface area (Å²) < 4.78 is 29.6. The fourth-order valence-electron chi connectivity index (χ4n) is 1.78. The van der Waals surface area contributed by atoms with E-state index < -0.39 is 10.0 Å². The average molecular weight is 318 g/mol. The molecule has 0 saturated heterocycles. The molecular weight excluding hydrogens is 300 g/mol. The summed E-state index contributed by atoms with van der Waals surface area (Å²) in [5.74, 6) is 0.628. The van der Waals surface area contributed by atoms with Crippen molar-refractivity contribution in [3.05, 3.63) is 66.7 Å². The minimum atomic E-state index is -3.67. The third kappa shape index (κ3) is 4.09. The Balaban J connectivity index is 2.03. The van der Waals surface area contributed by atoms with E-state index in [4.69, 9.17) is 4.74 Å². The molecule has 2 aromatic rings. The summed E-state index contributed by atoms with van der Waals surface area (Å²) in [6.07, 6.45) is 0. The van der Waals surface area contributed by atoms with Crippen molar-refractivity contribution in [1.29, 1.82) is 0 Å². The number of hydrazine groups is 1. The third-order valence-corrected chi connectivity index (χ3v) is 4.17. The summed E-state index contributed by atoms with van der Waals surface area (Å²) >= 11 is 0. The predicted octanol–water partition coefficient (Wildman–Crippen LogP) is 2.54. The second-order valence-electron chi connectivity index (χ2n) is 4.48. The fraction of sp³-hybridized carbons (Fsp3) is 0.125. The molecule has 0 heterocycles. The molecule has 0 fully saturated rings. The van der Waals surface area contributed by atoms with Crippen LogP contribution in [0.25, 0.3) is 5.70 Å². The predicted molar refractivity (Wildman–Crippen MR) is 86.5 cm³/mol. The number of ether oxygens (including phenoxy) is 1. The van der Waals surface area contributed by atoms with Crippen LogP contribution in [0.5, 0.6) is 5.75 Å². The first-order valence-electron chi connectivity index (χ1n) is 6.78. The largest absolute Gasteiger partial charge is 0.494 e. The first-order valence-corrected chi connectivity index (χ1v) is 8.26. The Morgan fingerprint density at radius 2 is 1.73 bits per heavy atom. The van der Waals surface area contributed by atoms with Crippen LogP contribution in [0.3, 0.4) is 0 Å². The number of hydrogen-bond donors (Lipinski definition) is 2. The molecule has 0 aromatic heterocycles. The number of hydrogen-bond acceptors (Lipinski definition) is 4. The highest BCUT2D eigenvalue weighted by atomic mass is 32.2. The minimum Gasteiger partial charge on any atom is -0.494 e. The van der Waals surface area contributed by atoms with Crippen LogP contribution in [0.4, 0.5) is 0 Å². The van der Waals surface area contributed by atoms with Gasteiger partial charge in [0.05, 0.1) is 11.5 Å². The molecule has 0 aliphatic rings. The lowest BCUT2D eigenvalue weighted by molar-refractivity contribution is 0.340. The molecule has 5 nitrogen and oxygen atoms in total. The molecule has 22 heavy (non-hydrogen) atoms. The highest BCUT2D eigenvalue weighted by Crippen LogP contribution is 2.16. The first-order chi connectivity index (χ1) is 10.5. The maximum absolute atomic E-state index is 12.2. The smallest absolute Gasteiger partial charge is 0.257 e. The summed E-state index contributed by atoms with van der Waals surface area (Å²) in [6.45, 7) is 6.20. The van der Waals surface area contributed by atoms with Gasteiger partial charge in [-0.1, -0.05) is 36.9 Å². The van der Waals surface area contributed by atoms with E-state index in [0.717, 1.165) is 5.56 Å². The van der Waals surface area contributed by atoms with Crippen LogP contribution < -0.4 is 15.0 Å². The van der Waals surface area contributed by atoms with Crippen molar-refractivity contribution in [2.45, 2.75) is 11.8 Å². The summed E-state index contributed by atoms with van der Waals surface area (Å²) in [6, 6.07) is 15.4. The van der Waals surface area contributed by atoms with Crippen LogP contribution in [-0.2, 0) is 10.0 Å². The summed E-state index contributed by atoms with van der Waals surface area (Å²) in [5.41, 5.74) is 3.88. The van der Waals surface area contributed by atoms with Gasteiger partial charge in [0.1, 0.15) is 5.75 Å². The molecule has 2 aromatic carbocycles. The minimum absolute atomic E-state index is 0.143. The molecule has 2 rings (SSSR count). The van der Waals surface area contributed by atoms with Crippen molar-refractivity contribution >= 4 is 15.7 Å². The Bertz CT molecular complexity index is 726. The zero-order valence-electron chi connectivity index (χ0n) is 12.2. The molecule has 2 N–H and O–H groups in total. The van der Waals surface area contributed by atoms with E-state index >= 15 is 0 Å². The second-order valence-corrected chi connectivity index (χ2v) is 6.16. The van der Waals surface area contributed by atoms with E-state index in [1.807, 2.05) is 37.3 Å². The van der Waals surface area contributed by atoms with E-state index in [1.165, 1.54) is 12.1 Å². The topological polar surface area (TPSA) is 67.4 Å². The van der Waals surface area contributed by atoms with Gasteiger partial charge in [-0.25, -0.2) is 8.42 Å². The van der Waals surface area contributed by atoms with Crippen molar-refractivity contribution in [2.24, 2.45) is 0 Å². The Kier molecular flexibility index (Phi) is 5.19. The Labute approximate surface area is 130 Å². The van der Waals surface area contributed by atoms with E-state index in [1.54, 1.807) is 12.1 Å². The second kappa shape index (κ2) is 7.11.